The van der Waals surface area contributed by atoms with Crippen LogP contribution in [0, 0.1) is 5.82 Å². The van der Waals surface area contributed by atoms with Crippen LogP contribution in [-0.4, -0.2) is 31.6 Å². The lowest BCUT2D eigenvalue weighted by Gasteiger charge is -2.21. The van der Waals surface area contributed by atoms with Crippen LogP contribution in [0.15, 0.2) is 42.5 Å². The first-order chi connectivity index (χ1) is 12.5. The molecule has 0 fully saturated rings. The average molecular weight is 358 g/mol. The van der Waals surface area contributed by atoms with Crippen molar-refractivity contribution in [1.82, 2.24) is 0 Å². The molecule has 26 heavy (non-hydrogen) atoms. The molecule has 1 aliphatic rings. The van der Waals surface area contributed by atoms with Crippen LogP contribution in [0.5, 0.6) is 11.5 Å². The summed E-state index contributed by atoms with van der Waals surface area (Å²) in [6, 6.07) is 11.1. The fourth-order valence-corrected chi connectivity index (χ4v) is 2.68. The van der Waals surface area contributed by atoms with E-state index in [4.69, 9.17) is 9.47 Å². The smallest absolute Gasteiger partial charge is 0.226 e. The zero-order valence-corrected chi connectivity index (χ0v) is 14.3. The summed E-state index contributed by atoms with van der Waals surface area (Å²) in [4.78, 5) is 25.3. The molecule has 0 saturated carbocycles. The van der Waals surface area contributed by atoms with Crippen LogP contribution >= 0.6 is 0 Å². The zero-order chi connectivity index (χ0) is 18.5. The summed E-state index contributed by atoms with van der Waals surface area (Å²) in [5.74, 6) is 0.0868. The summed E-state index contributed by atoms with van der Waals surface area (Å²) in [6.45, 7) is 2.37. The number of hydrogen-bond acceptors (Lipinski definition) is 4. The fourth-order valence-electron chi connectivity index (χ4n) is 2.68. The Hall–Kier alpha value is -3.09. The summed E-state index contributed by atoms with van der Waals surface area (Å²) in [5.41, 5.74) is 0.728. The van der Waals surface area contributed by atoms with E-state index in [2.05, 4.69) is 5.32 Å². The van der Waals surface area contributed by atoms with E-state index in [0.717, 1.165) is 0 Å². The molecule has 1 aliphatic heterocycles. The van der Waals surface area contributed by atoms with Gasteiger partial charge in [0.15, 0.2) is 11.5 Å². The molecule has 0 bridgehead atoms. The maximum Gasteiger partial charge on any atom is 0.226 e. The molecule has 1 heterocycles. The van der Waals surface area contributed by atoms with Crippen molar-refractivity contribution in [3.05, 3.63) is 48.3 Å². The fraction of sp³-hybridized carbons (Fsp3) is 0.263. The number of rotatable bonds is 5. The number of halogens is 1. The van der Waals surface area contributed by atoms with Crippen molar-refractivity contribution in [2.45, 2.75) is 13.3 Å². The second-order valence-electron chi connectivity index (χ2n) is 5.78. The van der Waals surface area contributed by atoms with Crippen LogP contribution < -0.4 is 19.7 Å². The number of amides is 2. The number of ether oxygens (including phenoxy) is 2. The summed E-state index contributed by atoms with van der Waals surface area (Å²) in [7, 11) is 0. The van der Waals surface area contributed by atoms with Crippen molar-refractivity contribution in [1.29, 1.82) is 0 Å². The Morgan fingerprint density at radius 3 is 2.58 bits per heavy atom. The molecule has 1 N–H and O–H groups in total. The first kappa shape index (κ1) is 17.7. The number of hydrogen-bond donors (Lipinski definition) is 1. The molecule has 136 valence electrons. The topological polar surface area (TPSA) is 67.9 Å². The molecule has 0 radical (unpaired) electrons. The third-order valence-electron chi connectivity index (χ3n) is 3.91. The predicted molar refractivity (Wildman–Crippen MR) is 95.1 cm³/mol. The molecular formula is C19H19FN2O4. The molecule has 2 aromatic carbocycles. The number of carbonyl (C=O) groups excluding carboxylic acids is 2. The van der Waals surface area contributed by atoms with Crippen LogP contribution in [0.25, 0.3) is 0 Å². The number of nitrogens with zero attached hydrogens (tertiary/aromatic N) is 1. The lowest BCUT2D eigenvalue weighted by Crippen LogP contribution is -2.32. The van der Waals surface area contributed by atoms with Gasteiger partial charge in [0.05, 0.1) is 5.69 Å². The maximum atomic E-state index is 13.9. The molecule has 2 aromatic rings. The second-order valence-corrected chi connectivity index (χ2v) is 5.78. The van der Waals surface area contributed by atoms with E-state index >= 15 is 0 Å². The summed E-state index contributed by atoms with van der Waals surface area (Å²) < 4.78 is 24.8. The van der Waals surface area contributed by atoms with Gasteiger partial charge in [-0.2, -0.15) is 0 Å². The monoisotopic (exact) mass is 358 g/mol. The van der Waals surface area contributed by atoms with E-state index in [1.165, 1.54) is 24.0 Å². The van der Waals surface area contributed by atoms with Crippen LogP contribution in [0.3, 0.4) is 0 Å². The summed E-state index contributed by atoms with van der Waals surface area (Å²) in [6.07, 6.45) is 0.0301. The predicted octanol–water partition coefficient (Wildman–Crippen LogP) is 2.98. The number of carbonyl (C=O) groups is 2. The lowest BCUT2D eigenvalue weighted by molar-refractivity contribution is -0.117. The number of anilines is 2. The first-order valence-electron chi connectivity index (χ1n) is 8.27. The minimum absolute atomic E-state index is 0.0301. The van der Waals surface area contributed by atoms with Crippen molar-refractivity contribution in [3.63, 3.8) is 0 Å². The van der Waals surface area contributed by atoms with Crippen molar-refractivity contribution >= 4 is 23.2 Å². The van der Waals surface area contributed by atoms with Crippen LogP contribution in [0.1, 0.15) is 13.3 Å². The number of fused-ring (bicyclic) bond motifs is 1. The minimum atomic E-state index is -0.505. The largest absolute Gasteiger partial charge is 0.486 e. The third-order valence-corrected chi connectivity index (χ3v) is 3.91. The van der Waals surface area contributed by atoms with Gasteiger partial charge >= 0.3 is 0 Å². The quantitative estimate of drug-likeness (QED) is 0.892. The van der Waals surface area contributed by atoms with Crippen molar-refractivity contribution in [2.24, 2.45) is 0 Å². The molecule has 3 rings (SSSR count). The zero-order valence-electron chi connectivity index (χ0n) is 14.3. The standard InChI is InChI=1S/C19H19FN2O4/c1-13(23)22(16-5-3-2-4-15(16)20)9-8-19(24)21-14-6-7-17-18(12-14)26-11-10-25-17/h2-7,12H,8-11H2,1H3,(H,21,24). The van der Waals surface area contributed by atoms with Gasteiger partial charge in [-0.05, 0) is 24.3 Å². The number of nitrogens with one attached hydrogen (secondary N) is 1. The Balaban J connectivity index is 1.62. The van der Waals surface area contributed by atoms with E-state index in [1.54, 1.807) is 30.3 Å². The number of para-hydroxylation sites is 1. The molecule has 0 saturated heterocycles. The van der Waals surface area contributed by atoms with Gasteiger partial charge in [0.2, 0.25) is 11.8 Å². The molecule has 7 heteroatoms. The third kappa shape index (κ3) is 4.11. The first-order valence-corrected chi connectivity index (χ1v) is 8.27. The minimum Gasteiger partial charge on any atom is -0.486 e. The highest BCUT2D eigenvalue weighted by Gasteiger charge is 2.17. The SMILES string of the molecule is CC(=O)N(CCC(=O)Nc1ccc2c(c1)OCCO2)c1ccccc1F. The van der Waals surface area contributed by atoms with Crippen molar-refractivity contribution < 1.29 is 23.5 Å². The highest BCUT2D eigenvalue weighted by molar-refractivity contribution is 5.95. The molecule has 0 spiro atoms. The van der Waals surface area contributed by atoms with Gasteiger partial charge in [-0.3, -0.25) is 9.59 Å². The van der Waals surface area contributed by atoms with Crippen molar-refractivity contribution in [2.75, 3.05) is 30.0 Å². The van der Waals surface area contributed by atoms with E-state index in [-0.39, 0.29) is 30.5 Å². The molecular weight excluding hydrogens is 339 g/mol. The van der Waals surface area contributed by atoms with Crippen LogP contribution in [0.4, 0.5) is 15.8 Å². The van der Waals surface area contributed by atoms with Gasteiger partial charge in [0.1, 0.15) is 19.0 Å². The van der Waals surface area contributed by atoms with E-state index in [0.29, 0.717) is 30.4 Å². The second kappa shape index (κ2) is 7.86. The molecule has 0 atom stereocenters. The van der Waals surface area contributed by atoms with Crippen molar-refractivity contribution in [3.8, 4) is 11.5 Å². The molecule has 0 aromatic heterocycles. The van der Waals surface area contributed by atoms with Gasteiger partial charge in [0, 0.05) is 31.6 Å². The lowest BCUT2D eigenvalue weighted by atomic mass is 10.2. The van der Waals surface area contributed by atoms with Gasteiger partial charge in [-0.15, -0.1) is 0 Å². The molecule has 6 nitrogen and oxygen atoms in total. The Morgan fingerprint density at radius 2 is 1.85 bits per heavy atom. The average Bonchev–Trinajstić information content (AvgIpc) is 2.63. The number of benzene rings is 2. The maximum absolute atomic E-state index is 13.9. The molecule has 2 amide bonds. The summed E-state index contributed by atoms with van der Waals surface area (Å²) in [5, 5.41) is 2.75. The van der Waals surface area contributed by atoms with Gasteiger partial charge < -0.3 is 19.7 Å². The van der Waals surface area contributed by atoms with Crippen LogP contribution in [0.2, 0.25) is 0 Å². The van der Waals surface area contributed by atoms with Crippen LogP contribution in [-0.2, 0) is 9.59 Å². The van der Waals surface area contributed by atoms with E-state index < -0.39 is 5.82 Å². The Labute approximate surface area is 150 Å². The molecule has 0 unspecified atom stereocenters. The van der Waals surface area contributed by atoms with E-state index in [9.17, 15) is 14.0 Å². The summed E-state index contributed by atoms with van der Waals surface area (Å²) >= 11 is 0. The van der Waals surface area contributed by atoms with E-state index in [1.807, 2.05) is 0 Å². The highest BCUT2D eigenvalue weighted by atomic mass is 19.1. The highest BCUT2D eigenvalue weighted by Crippen LogP contribution is 2.32. The Kier molecular flexibility index (Phi) is 5.36. The van der Waals surface area contributed by atoms with Gasteiger partial charge in [0.25, 0.3) is 0 Å². The normalized spacial score (nSPS) is 12.4. The Morgan fingerprint density at radius 1 is 1.12 bits per heavy atom. The van der Waals surface area contributed by atoms with Gasteiger partial charge in [-0.1, -0.05) is 12.1 Å². The van der Waals surface area contributed by atoms with Gasteiger partial charge in [-0.25, -0.2) is 4.39 Å². The Bertz CT molecular complexity index is 825. The molecule has 0 aliphatic carbocycles.